The molecule has 0 radical (unpaired) electrons. The van der Waals surface area contributed by atoms with Crippen LogP contribution in [0.3, 0.4) is 0 Å². The fourth-order valence-electron chi connectivity index (χ4n) is 6.56. The van der Waals surface area contributed by atoms with Crippen molar-refractivity contribution in [2.45, 2.75) is 6.42 Å². The summed E-state index contributed by atoms with van der Waals surface area (Å²) in [6.45, 7) is 0. The Kier molecular flexibility index (Phi) is 2.68. The van der Waals surface area contributed by atoms with Crippen molar-refractivity contribution < 1.29 is 45.5 Å². The second kappa shape index (κ2) is 11.4. The van der Waals surface area contributed by atoms with Gasteiger partial charge in [-0.2, -0.15) is 0 Å². The van der Waals surface area contributed by atoms with Crippen molar-refractivity contribution in [1.82, 2.24) is 0 Å². The second-order valence-corrected chi connectivity index (χ2v) is 11.6. The topological polar surface area (TPSA) is 13.1 Å². The highest BCUT2D eigenvalue weighted by molar-refractivity contribution is 6.23. The quantitative estimate of drug-likeness (QED) is 0.132. The van der Waals surface area contributed by atoms with E-state index in [0.29, 0.717) is 0 Å². The van der Waals surface area contributed by atoms with Crippen LogP contribution in [0.4, 0.5) is 0 Å². The van der Waals surface area contributed by atoms with Gasteiger partial charge in [-0.05, 0) is 106 Å². The zero-order valence-electron chi connectivity index (χ0n) is 56.1. The van der Waals surface area contributed by atoms with E-state index in [4.69, 9.17) is 30.5 Å². The first-order valence-corrected chi connectivity index (χ1v) is 15.6. The van der Waals surface area contributed by atoms with Crippen LogP contribution in [0.1, 0.15) is 52.2 Å². The minimum Gasteiger partial charge on any atom is -0.455 e. The molecule has 11 rings (SSSR count). The largest absolute Gasteiger partial charge is 0.455 e. The average molecular weight is 691 g/mol. The highest BCUT2D eigenvalue weighted by atomic mass is 16.3. The molecule has 0 N–H and O–H groups in total. The number of rotatable bonds is 4. The standard InChI is InChI=1S/C51H32O/c1-3-16-38-33(12-1)23-26-39-35(14-10-22-41(38)39)29-32-11-9-15-36(30-32)49-42-18-5-7-20-44(42)50(45-21-8-6-19-43(45)49)37-25-28-48-47(31-37)46-27-24-34-13-2-4-17-40(34)51(46)52-48/h1-28,30-31H,29H2/i1D,2D,3D,4D,5D,6D,7D,8D,9D,10D,11D,12D,13D,14D,15D,16D,17D,18D,19D,20D,21D,22D,23D,24D,25D,26D,27D,28D,30D,31D. The van der Waals surface area contributed by atoms with E-state index in [1.54, 1.807) is 0 Å². The maximum absolute atomic E-state index is 9.92. The molecule has 0 amide bonds. The van der Waals surface area contributed by atoms with Gasteiger partial charge in [0, 0.05) is 16.2 Å². The number of fused-ring (bicyclic) bond motifs is 10. The van der Waals surface area contributed by atoms with E-state index in [1.165, 1.54) is 0 Å². The summed E-state index contributed by atoms with van der Waals surface area (Å²) in [6.07, 6.45) is -0.939. The molecule has 0 bridgehead atoms. The molecule has 0 spiro atoms. The van der Waals surface area contributed by atoms with Gasteiger partial charge in [0.2, 0.25) is 0 Å². The molecule has 0 fully saturated rings. The monoisotopic (exact) mass is 690 g/mol. The molecule has 1 heterocycles. The molecule has 0 saturated heterocycles. The highest BCUT2D eigenvalue weighted by Crippen LogP contribution is 2.45. The highest BCUT2D eigenvalue weighted by Gasteiger charge is 2.19. The third kappa shape index (κ3) is 4.43. The number of furan rings is 1. The van der Waals surface area contributed by atoms with Crippen LogP contribution in [0.15, 0.2) is 186 Å². The van der Waals surface area contributed by atoms with Gasteiger partial charge in [0.05, 0.1) is 41.1 Å². The van der Waals surface area contributed by atoms with Gasteiger partial charge in [0.1, 0.15) is 11.2 Å². The van der Waals surface area contributed by atoms with Crippen LogP contribution >= 0.6 is 0 Å². The molecule has 0 saturated carbocycles. The van der Waals surface area contributed by atoms with Crippen LogP contribution in [-0.2, 0) is 6.42 Å². The van der Waals surface area contributed by atoms with Gasteiger partial charge < -0.3 is 4.42 Å². The van der Waals surface area contributed by atoms with E-state index in [0.717, 1.165) is 0 Å². The molecule has 1 aromatic heterocycles. The Morgan fingerprint density at radius 3 is 1.63 bits per heavy atom. The third-order valence-corrected chi connectivity index (χ3v) is 8.79. The van der Waals surface area contributed by atoms with Gasteiger partial charge in [0.15, 0.2) is 0 Å². The lowest BCUT2D eigenvalue weighted by atomic mass is 9.85. The van der Waals surface area contributed by atoms with Crippen molar-refractivity contribution in [2.75, 3.05) is 0 Å². The van der Waals surface area contributed by atoms with Crippen LogP contribution < -0.4 is 0 Å². The summed E-state index contributed by atoms with van der Waals surface area (Å²) in [5, 5.41) is -6.79. The Morgan fingerprint density at radius 2 is 0.923 bits per heavy atom. The molecule has 10 aromatic carbocycles. The van der Waals surface area contributed by atoms with Crippen molar-refractivity contribution in [1.29, 1.82) is 0 Å². The summed E-state index contributed by atoms with van der Waals surface area (Å²) in [7, 11) is 0. The van der Waals surface area contributed by atoms with Gasteiger partial charge in [-0.1, -0.05) is 163 Å². The fraction of sp³-hybridized carbons (Fsp3) is 0.0196. The number of benzene rings is 10. The smallest absolute Gasteiger partial charge is 0.143 e. The van der Waals surface area contributed by atoms with Crippen LogP contribution in [-0.4, -0.2) is 0 Å². The lowest BCUT2D eigenvalue weighted by Gasteiger charge is -2.18. The first kappa shape index (κ1) is 12.2. The SMILES string of the molecule is [2H]c1c([2H])c(Cc2c([2H])c([2H])c([2H])c3c2c([2H])c([2H])c2c([2H])c([2H])c([2H])c([2H])c23)c([2H])c(-c2c3c([2H])c([2H])c([2H])c([2H])c3c(-c3c([2H])c([2H])c4oc5c6c([2H])c([2H])c([2H])c([2H])c6c([2H])c([2H])c5c4c3[2H])c3c([2H])c([2H])c([2H])c([2H])c23)c1[2H]. The van der Waals surface area contributed by atoms with Gasteiger partial charge in [-0.15, -0.1) is 0 Å². The van der Waals surface area contributed by atoms with E-state index in [1.807, 2.05) is 0 Å². The van der Waals surface area contributed by atoms with Crippen molar-refractivity contribution in [3.63, 3.8) is 0 Å². The Labute approximate surface area is 343 Å². The molecule has 1 heteroatoms. The molecule has 11 aromatic rings. The minimum atomic E-state index is -1.04. The summed E-state index contributed by atoms with van der Waals surface area (Å²) in [4.78, 5) is 0. The fourth-order valence-corrected chi connectivity index (χ4v) is 6.56. The van der Waals surface area contributed by atoms with E-state index in [9.17, 15) is 15.1 Å². The first-order chi connectivity index (χ1) is 38.3. The Bertz CT molecular complexity index is 4870. The summed E-state index contributed by atoms with van der Waals surface area (Å²) in [5.41, 5.74) is -5.29. The van der Waals surface area contributed by atoms with Gasteiger partial charge in [0.25, 0.3) is 0 Å². The minimum absolute atomic E-state index is 0.427. The van der Waals surface area contributed by atoms with Crippen LogP contribution in [0.2, 0.25) is 0 Å². The van der Waals surface area contributed by atoms with Gasteiger partial charge in [-0.25, -0.2) is 0 Å². The lowest BCUT2D eigenvalue weighted by Crippen LogP contribution is -1.93. The van der Waals surface area contributed by atoms with Crippen molar-refractivity contribution >= 4 is 75.8 Å². The first-order valence-electron chi connectivity index (χ1n) is 30.6. The van der Waals surface area contributed by atoms with Crippen molar-refractivity contribution in [3.05, 3.63) is 192 Å². The maximum atomic E-state index is 9.92. The lowest BCUT2D eigenvalue weighted by molar-refractivity contribution is 0.672. The van der Waals surface area contributed by atoms with E-state index >= 15 is 0 Å². The van der Waals surface area contributed by atoms with E-state index in [-0.39, 0.29) is 0 Å². The molecular formula is C51H32O. The average Bonchev–Trinajstić information content (AvgIpc) is 1.13. The van der Waals surface area contributed by atoms with E-state index in [2.05, 4.69) is 0 Å². The summed E-state index contributed by atoms with van der Waals surface area (Å²) >= 11 is 0. The van der Waals surface area contributed by atoms with E-state index < -0.39 is 297 Å². The molecule has 52 heavy (non-hydrogen) atoms. The summed E-state index contributed by atoms with van der Waals surface area (Å²) in [6, 6.07) is -26.5. The predicted molar refractivity (Wildman–Crippen MR) is 221 cm³/mol. The van der Waals surface area contributed by atoms with Crippen LogP contribution in [0.5, 0.6) is 0 Å². The normalized spacial score (nSPS) is 20.0. The molecule has 0 aliphatic heterocycles. The van der Waals surface area contributed by atoms with Crippen LogP contribution in [0, 0.1) is 0 Å². The van der Waals surface area contributed by atoms with Crippen LogP contribution in [0.25, 0.3) is 98.1 Å². The second-order valence-electron chi connectivity index (χ2n) is 11.6. The Hall–Kier alpha value is -6.70. The molecular weight excluding hydrogens is 629 g/mol. The summed E-state index contributed by atoms with van der Waals surface area (Å²) in [5.74, 6) is 0. The Balaban J connectivity index is 1.33. The molecule has 1 nitrogen and oxygen atoms in total. The maximum Gasteiger partial charge on any atom is 0.143 e. The third-order valence-electron chi connectivity index (χ3n) is 8.79. The molecule has 0 aliphatic rings. The van der Waals surface area contributed by atoms with Gasteiger partial charge in [-0.3, -0.25) is 0 Å². The zero-order chi connectivity index (χ0) is 60.3. The Morgan fingerprint density at radius 1 is 0.365 bits per heavy atom. The number of hydrogen-bond acceptors (Lipinski definition) is 1. The molecule has 0 aliphatic carbocycles. The van der Waals surface area contributed by atoms with Crippen molar-refractivity contribution in [3.8, 4) is 22.3 Å². The molecule has 242 valence electrons. The summed E-state index contributed by atoms with van der Waals surface area (Å²) < 4.78 is 278. The number of hydrogen-bond donors (Lipinski definition) is 0. The molecule has 0 atom stereocenters. The molecule has 0 unspecified atom stereocenters. The predicted octanol–water partition coefficient (Wildman–Crippen LogP) is 14.3. The van der Waals surface area contributed by atoms with Crippen molar-refractivity contribution in [2.24, 2.45) is 0 Å². The van der Waals surface area contributed by atoms with Gasteiger partial charge >= 0.3 is 0 Å². The zero-order valence-corrected chi connectivity index (χ0v) is 26.1.